The highest BCUT2D eigenvalue weighted by Gasteiger charge is 2.83. The van der Waals surface area contributed by atoms with Crippen molar-refractivity contribution in [3.8, 4) is 0 Å². The van der Waals surface area contributed by atoms with Crippen LogP contribution in [-0.4, -0.2) is 84.0 Å². The van der Waals surface area contributed by atoms with Gasteiger partial charge in [0.2, 0.25) is 0 Å². The molecular formula is C33H42O14. The fourth-order valence-corrected chi connectivity index (χ4v) is 9.64. The van der Waals surface area contributed by atoms with Crippen LogP contribution in [0, 0.1) is 34.0 Å². The highest BCUT2D eigenvalue weighted by molar-refractivity contribution is 5.90. The summed E-state index contributed by atoms with van der Waals surface area (Å²) in [5.41, 5.74) is -6.02. The lowest BCUT2D eigenvalue weighted by molar-refractivity contribution is -0.306. The summed E-state index contributed by atoms with van der Waals surface area (Å²) in [6.07, 6.45) is -6.35. The van der Waals surface area contributed by atoms with Crippen molar-refractivity contribution in [1.82, 2.24) is 0 Å². The molecule has 0 aromatic carbocycles. The predicted octanol–water partition coefficient (Wildman–Crippen LogP) is 2.24. The standard InChI is InChI=1S/C33H42O14/c1-14-21(38)20-26(44-16(3)35)32(8)25(18-10-11-42-13-18)46-19(37)12-33(14,32)47-28-23(43-15(2)34)27(45-17(4)36)30(5,6)24(31(20,28)7)22(39)29(40)41-9/h10-11,13-14,20,22-28,39H,12H2,1-9H3/t14-,20+,22-,23-,24-,25-,26-,27+,28-,31+,32+,33-/m0/s1. The van der Waals surface area contributed by atoms with Crippen LogP contribution in [0.25, 0.3) is 0 Å². The number of hydrogen-bond donors (Lipinski definition) is 1. The number of carbonyl (C=O) groups excluding carboxylic acids is 6. The third kappa shape index (κ3) is 4.73. The average Bonchev–Trinajstić information content (AvgIpc) is 3.47. The van der Waals surface area contributed by atoms with E-state index in [1.807, 2.05) is 0 Å². The minimum Gasteiger partial charge on any atom is -0.472 e. The number of ketones is 1. The Labute approximate surface area is 271 Å². The van der Waals surface area contributed by atoms with Gasteiger partial charge in [0.1, 0.15) is 35.8 Å². The second-order valence-electron chi connectivity index (χ2n) is 14.2. The highest BCUT2D eigenvalue weighted by Crippen LogP contribution is 2.72. The van der Waals surface area contributed by atoms with Crippen LogP contribution in [0.5, 0.6) is 0 Å². The second kappa shape index (κ2) is 11.4. The smallest absolute Gasteiger partial charge is 0.335 e. The molecule has 6 rings (SSSR count). The molecule has 0 radical (unpaired) electrons. The van der Waals surface area contributed by atoms with Gasteiger partial charge in [0.25, 0.3) is 0 Å². The number of fused-ring (bicyclic) bond motifs is 1. The molecule has 1 N–H and O–H groups in total. The van der Waals surface area contributed by atoms with Crippen LogP contribution in [0.3, 0.4) is 0 Å². The summed E-state index contributed by atoms with van der Waals surface area (Å²) in [6, 6.07) is 1.58. The highest BCUT2D eigenvalue weighted by atomic mass is 16.6. The topological polar surface area (TPSA) is 191 Å². The van der Waals surface area contributed by atoms with E-state index in [0.29, 0.717) is 5.56 Å². The van der Waals surface area contributed by atoms with Gasteiger partial charge in [0, 0.05) is 49.0 Å². The molecule has 5 fully saturated rings. The molecule has 258 valence electrons. The van der Waals surface area contributed by atoms with E-state index in [0.717, 1.165) is 21.0 Å². The van der Waals surface area contributed by atoms with Gasteiger partial charge in [-0.25, -0.2) is 4.79 Å². The molecule has 1 aromatic heterocycles. The number of Topliss-reactive ketones (excluding diaryl/α,β-unsaturated/α-hetero) is 1. The van der Waals surface area contributed by atoms with Gasteiger partial charge in [-0.2, -0.15) is 0 Å². The van der Waals surface area contributed by atoms with Crippen molar-refractivity contribution in [3.05, 3.63) is 24.2 Å². The fourth-order valence-electron chi connectivity index (χ4n) is 9.64. The van der Waals surface area contributed by atoms with Gasteiger partial charge in [-0.05, 0) is 13.0 Å². The summed E-state index contributed by atoms with van der Waals surface area (Å²) in [7, 11) is 1.09. The van der Waals surface area contributed by atoms with Crippen molar-refractivity contribution in [2.24, 2.45) is 34.0 Å². The van der Waals surface area contributed by atoms with Crippen molar-refractivity contribution < 1.29 is 66.7 Å². The van der Waals surface area contributed by atoms with Gasteiger partial charge in [0.05, 0.1) is 37.4 Å². The first-order valence-corrected chi connectivity index (χ1v) is 15.5. The molecule has 4 heterocycles. The lowest BCUT2D eigenvalue weighted by Crippen LogP contribution is -2.73. The van der Waals surface area contributed by atoms with Crippen LogP contribution < -0.4 is 0 Å². The number of rotatable bonds is 6. The number of ether oxygens (including phenoxy) is 6. The molecule has 1 spiro atoms. The first kappa shape index (κ1) is 34.6. The molecule has 1 aromatic rings. The molecule has 2 bridgehead atoms. The van der Waals surface area contributed by atoms with E-state index in [9.17, 15) is 33.9 Å². The maximum absolute atomic E-state index is 14.9. The van der Waals surface area contributed by atoms with Crippen LogP contribution >= 0.6 is 0 Å². The summed E-state index contributed by atoms with van der Waals surface area (Å²) >= 11 is 0. The molecule has 47 heavy (non-hydrogen) atoms. The van der Waals surface area contributed by atoms with Gasteiger partial charge >= 0.3 is 29.8 Å². The number of cyclic esters (lactones) is 1. The van der Waals surface area contributed by atoms with Crippen molar-refractivity contribution >= 4 is 35.6 Å². The van der Waals surface area contributed by atoms with E-state index >= 15 is 0 Å². The maximum atomic E-state index is 14.9. The molecule has 2 saturated carbocycles. The van der Waals surface area contributed by atoms with Crippen molar-refractivity contribution in [1.29, 1.82) is 0 Å². The zero-order valence-electron chi connectivity index (χ0n) is 27.9. The summed E-state index contributed by atoms with van der Waals surface area (Å²) in [5, 5.41) is 11.8. The molecule has 12 atom stereocenters. The van der Waals surface area contributed by atoms with Crippen LogP contribution in [0.2, 0.25) is 0 Å². The maximum Gasteiger partial charge on any atom is 0.335 e. The average molecular weight is 663 g/mol. The lowest BCUT2D eigenvalue weighted by atomic mass is 9.42. The van der Waals surface area contributed by atoms with E-state index in [2.05, 4.69) is 0 Å². The first-order valence-electron chi connectivity index (χ1n) is 15.5. The quantitative estimate of drug-likeness (QED) is 0.344. The Morgan fingerprint density at radius 2 is 1.55 bits per heavy atom. The molecule has 14 nitrogen and oxygen atoms in total. The van der Waals surface area contributed by atoms with Crippen LogP contribution in [0.15, 0.2) is 23.0 Å². The molecule has 14 heteroatoms. The first-order chi connectivity index (χ1) is 21.8. The van der Waals surface area contributed by atoms with Gasteiger partial charge in [-0.15, -0.1) is 0 Å². The second-order valence-corrected chi connectivity index (χ2v) is 14.2. The Bertz CT molecular complexity index is 1480. The van der Waals surface area contributed by atoms with E-state index < -0.39 is 118 Å². The number of aliphatic hydroxyl groups excluding tert-OH is 1. The van der Waals surface area contributed by atoms with Gasteiger partial charge in [-0.3, -0.25) is 24.0 Å². The Morgan fingerprint density at radius 1 is 0.957 bits per heavy atom. The number of hydrogen-bond acceptors (Lipinski definition) is 14. The van der Waals surface area contributed by atoms with E-state index in [1.54, 1.807) is 40.7 Å². The summed E-state index contributed by atoms with van der Waals surface area (Å²) in [6.45, 7) is 11.6. The number of aliphatic hydroxyl groups is 1. The molecule has 5 aliphatic rings. The number of furan rings is 1. The van der Waals surface area contributed by atoms with Gasteiger partial charge < -0.3 is 37.9 Å². The lowest BCUT2D eigenvalue weighted by Gasteiger charge is -2.62. The Balaban J connectivity index is 1.92. The number of carbonyl (C=O) groups is 6. The largest absolute Gasteiger partial charge is 0.472 e. The van der Waals surface area contributed by atoms with Gasteiger partial charge in [-0.1, -0.05) is 27.7 Å². The summed E-state index contributed by atoms with van der Waals surface area (Å²) in [4.78, 5) is 80.0. The molecule has 3 saturated heterocycles. The van der Waals surface area contributed by atoms with E-state index in [4.69, 9.17) is 32.8 Å². The minimum absolute atomic E-state index is 0.404. The number of esters is 5. The minimum atomic E-state index is -1.93. The predicted molar refractivity (Wildman–Crippen MR) is 156 cm³/mol. The molecule has 0 amide bonds. The summed E-state index contributed by atoms with van der Waals surface area (Å²) < 4.78 is 41.2. The van der Waals surface area contributed by atoms with Crippen molar-refractivity contribution in [3.63, 3.8) is 0 Å². The third-order valence-electron chi connectivity index (χ3n) is 11.4. The zero-order chi connectivity index (χ0) is 35.0. The van der Waals surface area contributed by atoms with Crippen molar-refractivity contribution in [2.45, 2.75) is 104 Å². The molecule has 3 aliphatic heterocycles. The Morgan fingerprint density at radius 3 is 2.09 bits per heavy atom. The van der Waals surface area contributed by atoms with Crippen LogP contribution in [0.4, 0.5) is 0 Å². The Hall–Kier alpha value is -3.78. The normalized spacial score (nSPS) is 40.9. The van der Waals surface area contributed by atoms with Crippen LogP contribution in [-0.2, 0) is 57.2 Å². The molecule has 2 aliphatic carbocycles. The SMILES string of the molecule is COC(=O)[C@@H](O)[C@H]1C(C)(C)[C@H](OC(C)=O)[C@H](OC(C)=O)[C@@H]2O[C@]34CC(=O)O[C@@H](c5ccoc5)[C@]3(C)[C@@H](OC(C)=O)[C@@H](C(=O)[C@@H]4C)[C@@]21C. The van der Waals surface area contributed by atoms with Crippen LogP contribution in [0.1, 0.15) is 73.5 Å². The number of methoxy groups -OCH3 is 1. The molecular weight excluding hydrogens is 620 g/mol. The van der Waals surface area contributed by atoms with E-state index in [1.165, 1.54) is 19.5 Å². The van der Waals surface area contributed by atoms with E-state index in [-0.39, 0.29) is 0 Å². The fraction of sp³-hybridized carbons (Fsp3) is 0.697. The molecule has 0 unspecified atom stereocenters. The van der Waals surface area contributed by atoms with Gasteiger partial charge in [0.15, 0.2) is 12.2 Å². The monoisotopic (exact) mass is 662 g/mol. The summed E-state index contributed by atoms with van der Waals surface area (Å²) in [5.74, 6) is -8.23. The van der Waals surface area contributed by atoms with Crippen molar-refractivity contribution in [2.75, 3.05) is 7.11 Å². The third-order valence-corrected chi connectivity index (χ3v) is 11.4. The Kier molecular flexibility index (Phi) is 8.40. The zero-order valence-corrected chi connectivity index (χ0v) is 27.9.